The van der Waals surface area contributed by atoms with Gasteiger partial charge in [0.05, 0.1) is 16.7 Å². The van der Waals surface area contributed by atoms with E-state index in [1.807, 2.05) is 0 Å². The molecule has 0 saturated carbocycles. The number of alkyl halides is 4. The van der Waals surface area contributed by atoms with E-state index >= 15 is 0 Å². The molecule has 0 radical (unpaired) electrons. The fourth-order valence-electron chi connectivity index (χ4n) is 4.19. The molecule has 0 fully saturated rings. The second kappa shape index (κ2) is 7.10. The van der Waals surface area contributed by atoms with Crippen molar-refractivity contribution in [3.05, 3.63) is 52.6 Å². The zero-order chi connectivity index (χ0) is 22.9. The van der Waals surface area contributed by atoms with E-state index in [2.05, 4.69) is 0 Å². The number of sulfone groups is 1. The Bertz CT molecular complexity index is 1170. The van der Waals surface area contributed by atoms with Crippen LogP contribution in [0.2, 0.25) is 0 Å². The first-order chi connectivity index (χ1) is 14.3. The van der Waals surface area contributed by atoms with Crippen LogP contribution in [0, 0.1) is 11.6 Å². The number of halogens is 6. The number of hydrogen-bond acceptors (Lipinski definition) is 5. The van der Waals surface area contributed by atoms with Crippen LogP contribution >= 0.6 is 0 Å². The van der Waals surface area contributed by atoms with E-state index in [0.29, 0.717) is 12.1 Å². The SMILES string of the molecule is O=S(=O)(c1ccc(N2C[C@@H](O)Cc3cc(F)cc(F)c32)c2c1[C@H](O)[C@H](F)C2)C(F)(F)F. The summed E-state index contributed by atoms with van der Waals surface area (Å²) in [6.07, 6.45) is -6.08. The molecule has 0 bridgehead atoms. The highest BCUT2D eigenvalue weighted by Crippen LogP contribution is 2.48. The average Bonchev–Trinajstić information content (AvgIpc) is 2.93. The number of rotatable bonds is 2. The summed E-state index contributed by atoms with van der Waals surface area (Å²) >= 11 is 0. The summed E-state index contributed by atoms with van der Waals surface area (Å²) in [5.41, 5.74) is -6.88. The van der Waals surface area contributed by atoms with E-state index in [0.717, 1.165) is 17.0 Å². The molecule has 0 spiro atoms. The number of aliphatic hydroxyl groups excluding tert-OH is 2. The number of β-amino-alcohol motifs (C(OH)–C–C–N with tert-alkyl or cyclic N) is 1. The van der Waals surface area contributed by atoms with Crippen LogP contribution in [-0.2, 0) is 22.7 Å². The van der Waals surface area contributed by atoms with Crippen LogP contribution in [0.3, 0.4) is 0 Å². The fraction of sp³-hybridized carbons (Fsp3) is 0.368. The third-order valence-electron chi connectivity index (χ3n) is 5.44. The first-order valence-electron chi connectivity index (χ1n) is 9.05. The Labute approximate surface area is 172 Å². The Balaban J connectivity index is 1.96. The van der Waals surface area contributed by atoms with E-state index in [1.54, 1.807) is 0 Å². The maximum Gasteiger partial charge on any atom is 0.501 e. The smallest absolute Gasteiger partial charge is 0.391 e. The van der Waals surface area contributed by atoms with Crippen LogP contribution < -0.4 is 4.90 Å². The Morgan fingerprint density at radius 3 is 2.39 bits per heavy atom. The molecule has 1 aliphatic carbocycles. The molecule has 1 aliphatic heterocycles. The van der Waals surface area contributed by atoms with Gasteiger partial charge >= 0.3 is 5.51 Å². The van der Waals surface area contributed by atoms with Crippen molar-refractivity contribution in [1.82, 2.24) is 0 Å². The molecule has 0 unspecified atom stereocenters. The standard InChI is InChI=1S/C19H15F6NO4S/c20-9-3-8-4-10(27)7-26(17(8)12(21)5-9)14-1-2-15(31(29,30)19(23,24)25)16-11(14)6-13(22)18(16)28/h1-3,5,10,13,18,27-28H,4,6-7H2/t10-,13+,18+/m0/s1. The Kier molecular flexibility index (Phi) is 5.02. The molecule has 0 aromatic heterocycles. The highest BCUT2D eigenvalue weighted by molar-refractivity contribution is 7.92. The van der Waals surface area contributed by atoms with Crippen molar-refractivity contribution in [2.24, 2.45) is 0 Å². The van der Waals surface area contributed by atoms with Gasteiger partial charge in [-0.25, -0.2) is 21.6 Å². The predicted molar refractivity (Wildman–Crippen MR) is 96.3 cm³/mol. The molecule has 12 heteroatoms. The van der Waals surface area contributed by atoms with Gasteiger partial charge < -0.3 is 15.1 Å². The zero-order valence-electron chi connectivity index (χ0n) is 15.5. The summed E-state index contributed by atoms with van der Waals surface area (Å²) < 4.78 is 106. The van der Waals surface area contributed by atoms with Crippen molar-refractivity contribution in [3.63, 3.8) is 0 Å². The maximum absolute atomic E-state index is 14.6. The monoisotopic (exact) mass is 467 g/mol. The van der Waals surface area contributed by atoms with Gasteiger partial charge in [0.1, 0.15) is 23.9 Å². The lowest BCUT2D eigenvalue weighted by Crippen LogP contribution is -2.36. The van der Waals surface area contributed by atoms with Crippen LogP contribution in [-0.4, -0.2) is 43.0 Å². The van der Waals surface area contributed by atoms with Crippen LogP contribution in [0.15, 0.2) is 29.2 Å². The van der Waals surface area contributed by atoms with Crippen LogP contribution in [0.25, 0.3) is 0 Å². The highest BCUT2D eigenvalue weighted by atomic mass is 32.2. The minimum atomic E-state index is -5.91. The average molecular weight is 467 g/mol. The molecular weight excluding hydrogens is 452 g/mol. The van der Waals surface area contributed by atoms with E-state index < -0.39 is 62.2 Å². The van der Waals surface area contributed by atoms with E-state index in [-0.39, 0.29) is 35.5 Å². The van der Waals surface area contributed by atoms with Crippen molar-refractivity contribution in [2.45, 2.75) is 41.6 Å². The number of fused-ring (bicyclic) bond motifs is 2. The number of benzene rings is 2. The summed E-state index contributed by atoms with van der Waals surface area (Å²) in [5.74, 6) is -1.92. The van der Waals surface area contributed by atoms with Gasteiger partial charge in [-0.05, 0) is 29.3 Å². The molecule has 2 aliphatic rings. The van der Waals surface area contributed by atoms with Gasteiger partial charge in [-0.3, -0.25) is 0 Å². The Morgan fingerprint density at radius 2 is 1.74 bits per heavy atom. The van der Waals surface area contributed by atoms with Gasteiger partial charge in [0.25, 0.3) is 9.84 Å². The zero-order valence-corrected chi connectivity index (χ0v) is 16.3. The molecule has 5 nitrogen and oxygen atoms in total. The third kappa shape index (κ3) is 3.37. The van der Waals surface area contributed by atoms with Gasteiger partial charge in [-0.15, -0.1) is 0 Å². The minimum Gasteiger partial charge on any atom is -0.391 e. The van der Waals surface area contributed by atoms with Crippen molar-refractivity contribution in [1.29, 1.82) is 0 Å². The van der Waals surface area contributed by atoms with Gasteiger partial charge in [0.2, 0.25) is 0 Å². The van der Waals surface area contributed by atoms with Crippen molar-refractivity contribution < 1.29 is 45.0 Å². The summed E-state index contributed by atoms with van der Waals surface area (Å²) in [7, 11) is -5.91. The largest absolute Gasteiger partial charge is 0.501 e. The number of anilines is 2. The molecule has 2 aromatic carbocycles. The van der Waals surface area contributed by atoms with Crippen molar-refractivity contribution >= 4 is 21.2 Å². The van der Waals surface area contributed by atoms with Gasteiger partial charge in [-0.1, -0.05) is 0 Å². The molecule has 3 atom stereocenters. The summed E-state index contributed by atoms with van der Waals surface area (Å²) in [6.45, 7) is -0.263. The maximum atomic E-state index is 14.6. The van der Waals surface area contributed by atoms with Crippen LogP contribution in [0.5, 0.6) is 0 Å². The van der Waals surface area contributed by atoms with Crippen molar-refractivity contribution in [3.8, 4) is 0 Å². The Hall–Kier alpha value is -2.31. The first-order valence-corrected chi connectivity index (χ1v) is 10.5. The molecule has 168 valence electrons. The lowest BCUT2D eigenvalue weighted by atomic mass is 9.96. The fourth-order valence-corrected chi connectivity index (χ4v) is 5.22. The van der Waals surface area contributed by atoms with Gasteiger partial charge in [0, 0.05) is 36.7 Å². The van der Waals surface area contributed by atoms with E-state index in [1.165, 1.54) is 0 Å². The number of hydrogen-bond donors (Lipinski definition) is 2. The van der Waals surface area contributed by atoms with Gasteiger partial charge in [-0.2, -0.15) is 13.2 Å². The molecule has 0 amide bonds. The summed E-state index contributed by atoms with van der Waals surface area (Å²) in [5, 5.41) is 20.3. The summed E-state index contributed by atoms with van der Waals surface area (Å²) in [4.78, 5) is -0.157. The molecule has 2 N–H and O–H groups in total. The van der Waals surface area contributed by atoms with E-state index in [4.69, 9.17) is 0 Å². The summed E-state index contributed by atoms with van der Waals surface area (Å²) in [6, 6.07) is 3.08. The molecule has 1 heterocycles. The van der Waals surface area contributed by atoms with Gasteiger partial charge in [0.15, 0.2) is 0 Å². The molecule has 2 aromatic rings. The van der Waals surface area contributed by atoms with Crippen molar-refractivity contribution in [2.75, 3.05) is 11.4 Å². The quantitative estimate of drug-likeness (QED) is 0.664. The minimum absolute atomic E-state index is 0.0762. The molecular formula is C19H15F6NO4S. The number of nitrogens with zero attached hydrogens (tertiary/aromatic N) is 1. The molecule has 4 rings (SSSR count). The lowest BCUT2D eigenvalue weighted by Gasteiger charge is -2.35. The normalized spacial score (nSPS) is 23.6. The van der Waals surface area contributed by atoms with Crippen LogP contribution in [0.4, 0.5) is 37.7 Å². The number of aliphatic hydroxyl groups is 2. The molecule has 31 heavy (non-hydrogen) atoms. The predicted octanol–water partition coefficient (Wildman–Crippen LogP) is 3.24. The highest BCUT2D eigenvalue weighted by Gasteiger charge is 2.51. The Morgan fingerprint density at radius 1 is 1.06 bits per heavy atom. The molecule has 0 saturated heterocycles. The second-order valence-electron chi connectivity index (χ2n) is 7.45. The first kappa shape index (κ1) is 21.9. The topological polar surface area (TPSA) is 77.8 Å². The van der Waals surface area contributed by atoms with Crippen LogP contribution in [0.1, 0.15) is 22.8 Å². The van der Waals surface area contributed by atoms with E-state index in [9.17, 15) is 45.0 Å². The third-order valence-corrected chi connectivity index (χ3v) is 6.99. The lowest BCUT2D eigenvalue weighted by molar-refractivity contribution is -0.0437. The second-order valence-corrected chi connectivity index (χ2v) is 9.36.